The SMILES string of the molecule is N#Cc1cccc(Nc2ccc3cc(Br)ccc3c2)c1N. The Morgan fingerprint density at radius 2 is 1.76 bits per heavy atom. The summed E-state index contributed by atoms with van der Waals surface area (Å²) in [5.41, 5.74) is 8.61. The van der Waals surface area contributed by atoms with Crippen molar-refractivity contribution in [2.75, 3.05) is 11.1 Å². The van der Waals surface area contributed by atoms with Crippen molar-refractivity contribution in [3.63, 3.8) is 0 Å². The van der Waals surface area contributed by atoms with Gasteiger partial charge in [-0.25, -0.2) is 0 Å². The van der Waals surface area contributed by atoms with Crippen molar-refractivity contribution < 1.29 is 0 Å². The molecule has 21 heavy (non-hydrogen) atoms. The van der Waals surface area contributed by atoms with Gasteiger partial charge in [0.2, 0.25) is 0 Å². The van der Waals surface area contributed by atoms with E-state index in [0.29, 0.717) is 11.3 Å². The first-order chi connectivity index (χ1) is 10.2. The van der Waals surface area contributed by atoms with E-state index in [9.17, 15) is 0 Å². The summed E-state index contributed by atoms with van der Waals surface area (Å²) in [7, 11) is 0. The van der Waals surface area contributed by atoms with E-state index in [0.717, 1.165) is 26.6 Å². The molecule has 3 aromatic carbocycles. The Hall–Kier alpha value is -2.51. The zero-order valence-corrected chi connectivity index (χ0v) is 12.7. The lowest BCUT2D eigenvalue weighted by Gasteiger charge is -2.11. The van der Waals surface area contributed by atoms with Crippen LogP contribution >= 0.6 is 15.9 Å². The molecule has 3 rings (SSSR count). The third-order valence-corrected chi connectivity index (χ3v) is 3.80. The Morgan fingerprint density at radius 1 is 1.00 bits per heavy atom. The molecule has 0 bridgehead atoms. The highest BCUT2D eigenvalue weighted by Crippen LogP contribution is 2.28. The molecule has 0 heterocycles. The number of anilines is 3. The molecule has 0 amide bonds. The maximum Gasteiger partial charge on any atom is 0.101 e. The highest BCUT2D eigenvalue weighted by atomic mass is 79.9. The lowest BCUT2D eigenvalue weighted by molar-refractivity contribution is 1.47. The number of nitrogens with two attached hydrogens (primary N) is 1. The molecule has 3 N–H and O–H groups in total. The van der Waals surface area contributed by atoms with Gasteiger partial charge in [0.1, 0.15) is 6.07 Å². The summed E-state index contributed by atoms with van der Waals surface area (Å²) in [6.07, 6.45) is 0. The third kappa shape index (κ3) is 2.69. The van der Waals surface area contributed by atoms with Crippen LogP contribution in [0, 0.1) is 11.3 Å². The molecule has 0 aliphatic heterocycles. The number of fused-ring (bicyclic) bond motifs is 1. The van der Waals surface area contributed by atoms with E-state index in [1.54, 1.807) is 6.07 Å². The van der Waals surface area contributed by atoms with E-state index < -0.39 is 0 Å². The highest BCUT2D eigenvalue weighted by Gasteiger charge is 2.05. The number of nitrogen functional groups attached to an aromatic ring is 1. The molecule has 0 unspecified atom stereocenters. The Balaban J connectivity index is 1.99. The van der Waals surface area contributed by atoms with Gasteiger partial charge in [-0.15, -0.1) is 0 Å². The maximum atomic E-state index is 9.01. The number of nitrogens with zero attached hydrogens (tertiary/aromatic N) is 1. The second kappa shape index (κ2) is 5.47. The monoisotopic (exact) mass is 337 g/mol. The first-order valence-electron chi connectivity index (χ1n) is 6.42. The Bertz CT molecular complexity index is 866. The van der Waals surface area contributed by atoms with Crippen LogP contribution in [-0.2, 0) is 0 Å². The van der Waals surface area contributed by atoms with Crippen LogP contribution in [0.25, 0.3) is 10.8 Å². The first kappa shape index (κ1) is 13.5. The molecule has 0 saturated heterocycles. The molecular weight excluding hydrogens is 326 g/mol. The second-order valence-corrected chi connectivity index (χ2v) is 5.63. The minimum absolute atomic E-state index is 0.468. The van der Waals surface area contributed by atoms with Crippen LogP contribution in [0.5, 0.6) is 0 Å². The Labute approximate surface area is 131 Å². The van der Waals surface area contributed by atoms with Crippen molar-refractivity contribution in [2.45, 2.75) is 0 Å². The number of nitriles is 1. The van der Waals surface area contributed by atoms with Gasteiger partial charge in [0.15, 0.2) is 0 Å². The largest absolute Gasteiger partial charge is 0.396 e. The third-order valence-electron chi connectivity index (χ3n) is 3.31. The summed E-state index contributed by atoms with van der Waals surface area (Å²) in [6, 6.07) is 19.7. The fourth-order valence-corrected chi connectivity index (χ4v) is 2.60. The van der Waals surface area contributed by atoms with Crippen molar-refractivity contribution >= 4 is 43.8 Å². The minimum Gasteiger partial charge on any atom is -0.396 e. The van der Waals surface area contributed by atoms with Crippen LogP contribution in [0.15, 0.2) is 59.1 Å². The average molecular weight is 338 g/mol. The molecule has 0 fully saturated rings. The fourth-order valence-electron chi connectivity index (χ4n) is 2.22. The predicted octanol–water partition coefficient (Wildman–Crippen LogP) is 4.80. The molecule has 0 aliphatic carbocycles. The summed E-state index contributed by atoms with van der Waals surface area (Å²) >= 11 is 3.47. The molecule has 0 saturated carbocycles. The van der Waals surface area contributed by atoms with Crippen LogP contribution in [0.3, 0.4) is 0 Å². The summed E-state index contributed by atoms with van der Waals surface area (Å²) in [5, 5.41) is 14.6. The van der Waals surface area contributed by atoms with Gasteiger partial charge in [0.25, 0.3) is 0 Å². The van der Waals surface area contributed by atoms with Crippen molar-refractivity contribution in [3.8, 4) is 6.07 Å². The molecule has 3 nitrogen and oxygen atoms in total. The van der Waals surface area contributed by atoms with Crippen LogP contribution in [0.2, 0.25) is 0 Å². The van der Waals surface area contributed by atoms with E-state index in [4.69, 9.17) is 11.0 Å². The van der Waals surface area contributed by atoms with Gasteiger partial charge in [0.05, 0.1) is 16.9 Å². The molecule has 0 spiro atoms. The molecule has 0 aromatic heterocycles. The number of hydrogen-bond acceptors (Lipinski definition) is 3. The van der Waals surface area contributed by atoms with Gasteiger partial charge in [-0.3, -0.25) is 0 Å². The van der Waals surface area contributed by atoms with Crippen LogP contribution in [0.1, 0.15) is 5.56 Å². The van der Waals surface area contributed by atoms with Gasteiger partial charge in [0, 0.05) is 10.2 Å². The van der Waals surface area contributed by atoms with E-state index in [-0.39, 0.29) is 0 Å². The van der Waals surface area contributed by atoms with Crippen molar-refractivity contribution in [1.82, 2.24) is 0 Å². The van der Waals surface area contributed by atoms with E-state index in [1.165, 1.54) is 0 Å². The molecule has 3 aromatic rings. The molecular formula is C17H12BrN3. The fraction of sp³-hybridized carbons (Fsp3) is 0. The standard InChI is InChI=1S/C17H12BrN3/c18-14-6-4-12-9-15(7-5-11(12)8-14)21-16-3-1-2-13(10-19)17(16)20/h1-9,21H,20H2. The van der Waals surface area contributed by atoms with Crippen molar-refractivity contribution in [3.05, 3.63) is 64.6 Å². The van der Waals surface area contributed by atoms with E-state index in [2.05, 4.69) is 45.5 Å². The zero-order valence-electron chi connectivity index (χ0n) is 11.1. The topological polar surface area (TPSA) is 61.8 Å². The van der Waals surface area contributed by atoms with Crippen molar-refractivity contribution in [1.29, 1.82) is 5.26 Å². The molecule has 0 radical (unpaired) electrons. The molecule has 0 atom stereocenters. The average Bonchev–Trinajstić information content (AvgIpc) is 2.49. The number of hydrogen-bond donors (Lipinski definition) is 2. The lowest BCUT2D eigenvalue weighted by Crippen LogP contribution is -1.98. The summed E-state index contributed by atoms with van der Waals surface area (Å²) in [6.45, 7) is 0. The molecule has 4 heteroatoms. The number of benzene rings is 3. The Kier molecular flexibility index (Phi) is 3.51. The van der Waals surface area contributed by atoms with Gasteiger partial charge in [-0.2, -0.15) is 5.26 Å². The normalized spacial score (nSPS) is 10.3. The van der Waals surface area contributed by atoms with Crippen LogP contribution in [0.4, 0.5) is 17.1 Å². The van der Waals surface area contributed by atoms with Gasteiger partial charge >= 0.3 is 0 Å². The highest BCUT2D eigenvalue weighted by molar-refractivity contribution is 9.10. The summed E-state index contributed by atoms with van der Waals surface area (Å²) < 4.78 is 1.06. The van der Waals surface area contributed by atoms with Gasteiger partial charge in [-0.1, -0.05) is 34.1 Å². The van der Waals surface area contributed by atoms with E-state index >= 15 is 0 Å². The zero-order chi connectivity index (χ0) is 14.8. The number of halogens is 1. The number of rotatable bonds is 2. The van der Waals surface area contributed by atoms with Gasteiger partial charge in [-0.05, 0) is 47.2 Å². The Morgan fingerprint density at radius 3 is 2.57 bits per heavy atom. The quantitative estimate of drug-likeness (QED) is 0.660. The maximum absolute atomic E-state index is 9.01. The van der Waals surface area contributed by atoms with Crippen molar-refractivity contribution in [2.24, 2.45) is 0 Å². The number of para-hydroxylation sites is 1. The lowest BCUT2D eigenvalue weighted by atomic mass is 10.1. The predicted molar refractivity (Wildman–Crippen MR) is 90.5 cm³/mol. The van der Waals surface area contributed by atoms with Crippen LogP contribution in [-0.4, -0.2) is 0 Å². The smallest absolute Gasteiger partial charge is 0.101 e. The molecule has 102 valence electrons. The second-order valence-electron chi connectivity index (χ2n) is 4.71. The van der Waals surface area contributed by atoms with Gasteiger partial charge < -0.3 is 11.1 Å². The minimum atomic E-state index is 0.468. The molecule has 0 aliphatic rings. The number of nitrogens with one attached hydrogen (secondary N) is 1. The van der Waals surface area contributed by atoms with E-state index in [1.807, 2.05) is 30.3 Å². The summed E-state index contributed by atoms with van der Waals surface area (Å²) in [5.74, 6) is 0. The van der Waals surface area contributed by atoms with Crippen LogP contribution < -0.4 is 11.1 Å². The summed E-state index contributed by atoms with van der Waals surface area (Å²) in [4.78, 5) is 0. The first-order valence-corrected chi connectivity index (χ1v) is 7.21.